The molecular formula is C18H21N2O6+. The van der Waals surface area contributed by atoms with Gasteiger partial charge in [-0.3, -0.25) is 4.79 Å². The van der Waals surface area contributed by atoms with Gasteiger partial charge < -0.3 is 24.1 Å². The topological polar surface area (TPSA) is 99.3 Å². The van der Waals surface area contributed by atoms with Crippen molar-refractivity contribution in [1.82, 2.24) is 0 Å². The number of likely N-dealkylation sites (N-methyl/N-ethyl adjacent to an activating group) is 1. The van der Waals surface area contributed by atoms with E-state index in [4.69, 9.17) is 9.15 Å². The van der Waals surface area contributed by atoms with E-state index in [0.29, 0.717) is 6.54 Å². The van der Waals surface area contributed by atoms with Crippen molar-refractivity contribution in [2.75, 3.05) is 33.1 Å². The first-order valence-electron chi connectivity index (χ1n) is 7.88. The molecule has 1 aromatic heterocycles. The molecule has 8 nitrogen and oxygen atoms in total. The van der Waals surface area contributed by atoms with Crippen LogP contribution in [0.1, 0.15) is 26.5 Å². The summed E-state index contributed by atoms with van der Waals surface area (Å²) in [5, 5.41) is 2.66. The third kappa shape index (κ3) is 4.93. The van der Waals surface area contributed by atoms with Crippen molar-refractivity contribution in [2.24, 2.45) is 0 Å². The summed E-state index contributed by atoms with van der Waals surface area (Å²) in [5.41, 5.74) is 0.555. The zero-order valence-electron chi connectivity index (χ0n) is 14.8. The van der Waals surface area contributed by atoms with E-state index in [9.17, 15) is 14.4 Å². The summed E-state index contributed by atoms with van der Waals surface area (Å²) in [4.78, 5) is 36.8. The van der Waals surface area contributed by atoms with E-state index in [1.54, 1.807) is 12.3 Å². The van der Waals surface area contributed by atoms with Gasteiger partial charge in [0, 0.05) is 0 Å². The fourth-order valence-corrected chi connectivity index (χ4v) is 2.42. The van der Waals surface area contributed by atoms with E-state index in [-0.39, 0.29) is 29.3 Å². The predicted octanol–water partition coefficient (Wildman–Crippen LogP) is 0.506. The van der Waals surface area contributed by atoms with Crippen molar-refractivity contribution in [3.8, 4) is 0 Å². The van der Waals surface area contributed by atoms with Gasteiger partial charge in [-0.25, -0.2) is 9.59 Å². The number of carbonyl (C=O) groups is 3. The Labute approximate surface area is 150 Å². The minimum Gasteiger partial charge on any atom is -0.465 e. The number of methoxy groups -OCH3 is 2. The van der Waals surface area contributed by atoms with Crippen LogP contribution in [0, 0.1) is 0 Å². The number of rotatable bonds is 7. The highest BCUT2D eigenvalue weighted by Gasteiger charge is 2.19. The molecule has 0 fully saturated rings. The summed E-state index contributed by atoms with van der Waals surface area (Å²) >= 11 is 0. The highest BCUT2D eigenvalue weighted by Crippen LogP contribution is 2.19. The molecule has 1 heterocycles. The molecule has 0 radical (unpaired) electrons. The van der Waals surface area contributed by atoms with Crippen molar-refractivity contribution in [1.29, 1.82) is 0 Å². The van der Waals surface area contributed by atoms with Crippen LogP contribution in [0.5, 0.6) is 0 Å². The minimum absolute atomic E-state index is 0.143. The average molecular weight is 361 g/mol. The van der Waals surface area contributed by atoms with E-state index >= 15 is 0 Å². The summed E-state index contributed by atoms with van der Waals surface area (Å²) in [6.45, 7) is 0.677. The van der Waals surface area contributed by atoms with Crippen LogP contribution in [0.4, 0.5) is 5.69 Å². The fraction of sp³-hybridized carbons (Fsp3) is 0.278. The van der Waals surface area contributed by atoms with Gasteiger partial charge in [0.2, 0.25) is 0 Å². The van der Waals surface area contributed by atoms with Gasteiger partial charge in [0.15, 0.2) is 12.3 Å². The molecule has 0 saturated carbocycles. The van der Waals surface area contributed by atoms with Crippen molar-refractivity contribution >= 4 is 23.5 Å². The lowest BCUT2D eigenvalue weighted by atomic mass is 10.1. The van der Waals surface area contributed by atoms with Gasteiger partial charge in [0.1, 0.15) is 6.54 Å². The molecule has 0 bridgehead atoms. The van der Waals surface area contributed by atoms with Crippen LogP contribution < -0.4 is 10.2 Å². The lowest BCUT2D eigenvalue weighted by Gasteiger charge is -2.14. The third-order valence-electron chi connectivity index (χ3n) is 3.64. The molecule has 2 N–H and O–H groups in total. The zero-order chi connectivity index (χ0) is 19.1. The molecule has 2 rings (SSSR count). The van der Waals surface area contributed by atoms with Gasteiger partial charge >= 0.3 is 11.9 Å². The summed E-state index contributed by atoms with van der Waals surface area (Å²) in [6.07, 6.45) is 1.57. The molecule has 2 aromatic rings. The second kappa shape index (κ2) is 8.82. The second-order valence-corrected chi connectivity index (χ2v) is 5.68. The van der Waals surface area contributed by atoms with Crippen LogP contribution in [0.25, 0.3) is 0 Å². The van der Waals surface area contributed by atoms with Crippen LogP contribution in [0.15, 0.2) is 41.0 Å². The van der Waals surface area contributed by atoms with E-state index in [0.717, 1.165) is 10.7 Å². The van der Waals surface area contributed by atoms with Gasteiger partial charge in [-0.05, 0) is 30.3 Å². The van der Waals surface area contributed by atoms with E-state index in [1.165, 1.54) is 32.4 Å². The molecule has 0 aliphatic rings. The van der Waals surface area contributed by atoms with E-state index < -0.39 is 11.9 Å². The lowest BCUT2D eigenvalue weighted by molar-refractivity contribution is -0.886. The fourth-order valence-electron chi connectivity index (χ4n) is 2.42. The molecule has 8 heteroatoms. The van der Waals surface area contributed by atoms with Crippen molar-refractivity contribution < 1.29 is 33.2 Å². The molecule has 1 atom stereocenters. The monoisotopic (exact) mass is 361 g/mol. The van der Waals surface area contributed by atoms with Crippen LogP contribution in [0.3, 0.4) is 0 Å². The van der Waals surface area contributed by atoms with Crippen molar-refractivity contribution in [2.45, 2.75) is 6.54 Å². The lowest BCUT2D eigenvalue weighted by Crippen LogP contribution is -3.08. The molecule has 0 saturated heterocycles. The second-order valence-electron chi connectivity index (χ2n) is 5.68. The number of hydrogen-bond acceptors (Lipinski definition) is 6. The number of ether oxygens (including phenoxy) is 2. The molecule has 1 unspecified atom stereocenters. The molecule has 138 valence electrons. The Balaban J connectivity index is 2.13. The van der Waals surface area contributed by atoms with Gasteiger partial charge in [-0.2, -0.15) is 0 Å². The average Bonchev–Trinajstić information content (AvgIpc) is 3.12. The first-order valence-corrected chi connectivity index (χ1v) is 7.88. The SMILES string of the molecule is COC(=O)c1ccc(C(=O)OC)c(NC(=O)C[NH+](C)Cc2ccco2)c1. The number of esters is 2. The molecule has 1 aromatic carbocycles. The van der Waals surface area contributed by atoms with Crippen LogP contribution in [0.2, 0.25) is 0 Å². The molecule has 1 amide bonds. The Morgan fingerprint density at radius 2 is 1.85 bits per heavy atom. The standard InChI is InChI=1S/C18H20N2O6/c1-20(10-13-5-4-8-26-13)11-16(21)19-15-9-12(17(22)24-2)6-7-14(15)18(23)25-3/h4-9H,10-11H2,1-3H3,(H,19,21)/p+1. The predicted molar refractivity (Wildman–Crippen MR) is 91.9 cm³/mol. The molecule has 26 heavy (non-hydrogen) atoms. The van der Waals surface area contributed by atoms with Gasteiger partial charge in [-0.1, -0.05) is 0 Å². The van der Waals surface area contributed by atoms with Crippen LogP contribution >= 0.6 is 0 Å². The Morgan fingerprint density at radius 1 is 1.12 bits per heavy atom. The summed E-state index contributed by atoms with van der Waals surface area (Å²) in [6, 6.07) is 7.84. The smallest absolute Gasteiger partial charge is 0.339 e. The highest BCUT2D eigenvalue weighted by molar-refractivity contribution is 6.03. The van der Waals surface area contributed by atoms with Gasteiger partial charge in [0.25, 0.3) is 5.91 Å². The minimum atomic E-state index is -0.618. The maximum absolute atomic E-state index is 12.3. The summed E-state index contributed by atoms with van der Waals surface area (Å²) in [5.74, 6) is -0.745. The zero-order valence-corrected chi connectivity index (χ0v) is 14.8. The first kappa shape index (κ1) is 19.2. The molecule has 0 aliphatic heterocycles. The highest BCUT2D eigenvalue weighted by atomic mass is 16.5. The normalized spacial score (nSPS) is 11.5. The Bertz CT molecular complexity index is 785. The quantitative estimate of drug-likeness (QED) is 0.697. The molecular weight excluding hydrogens is 340 g/mol. The number of hydrogen-bond donors (Lipinski definition) is 2. The molecule has 0 spiro atoms. The number of amides is 1. The van der Waals surface area contributed by atoms with E-state index in [1.807, 2.05) is 13.1 Å². The van der Waals surface area contributed by atoms with Gasteiger partial charge in [0.05, 0.1) is 44.3 Å². The maximum atomic E-state index is 12.3. The van der Waals surface area contributed by atoms with E-state index in [2.05, 4.69) is 10.1 Å². The first-order chi connectivity index (χ1) is 12.4. The number of furan rings is 1. The van der Waals surface area contributed by atoms with Gasteiger partial charge in [-0.15, -0.1) is 0 Å². The summed E-state index contributed by atoms with van der Waals surface area (Å²) in [7, 11) is 4.33. The van der Waals surface area contributed by atoms with Crippen molar-refractivity contribution in [3.05, 3.63) is 53.5 Å². The number of benzene rings is 1. The third-order valence-corrected chi connectivity index (χ3v) is 3.64. The Hall–Kier alpha value is -3.13. The maximum Gasteiger partial charge on any atom is 0.339 e. The largest absolute Gasteiger partial charge is 0.465 e. The Morgan fingerprint density at radius 3 is 2.46 bits per heavy atom. The number of carbonyl (C=O) groups excluding carboxylic acids is 3. The molecule has 0 aliphatic carbocycles. The Kier molecular flexibility index (Phi) is 6.51. The number of anilines is 1. The van der Waals surface area contributed by atoms with Crippen molar-refractivity contribution in [3.63, 3.8) is 0 Å². The number of nitrogens with one attached hydrogen (secondary N) is 2. The van der Waals surface area contributed by atoms with Crippen LogP contribution in [-0.2, 0) is 20.8 Å². The summed E-state index contributed by atoms with van der Waals surface area (Å²) < 4.78 is 14.6. The van der Waals surface area contributed by atoms with Crippen LogP contribution in [-0.4, -0.2) is 45.7 Å². The number of quaternary nitrogens is 1.